The Hall–Kier alpha value is -0.120. The molecule has 7 heavy (non-hydrogen) atoms. The van der Waals surface area contributed by atoms with Gasteiger partial charge in [0.05, 0.1) is 0 Å². The molecule has 1 aliphatic rings. The minimum absolute atomic E-state index is 0.0417. The lowest BCUT2D eigenvalue weighted by Crippen LogP contribution is -2.31. The van der Waals surface area contributed by atoms with E-state index < -0.39 is 0 Å². The monoisotopic (exact) mass is 101 g/mol. The van der Waals surface area contributed by atoms with Crippen LogP contribution < -0.4 is 10.6 Å². The molecule has 1 atom stereocenters. The molecular formula is C4H9N2O. The average molecular weight is 101 g/mol. The van der Waals surface area contributed by atoms with Crippen LogP contribution in [-0.4, -0.2) is 20.0 Å². The minimum Gasteiger partial charge on any atom is -0.353 e. The van der Waals surface area contributed by atoms with Crippen molar-refractivity contribution in [3.63, 3.8) is 0 Å². The highest BCUT2D eigenvalue weighted by Gasteiger charge is 2.09. The Morgan fingerprint density at radius 3 is 3.00 bits per heavy atom. The minimum atomic E-state index is 0.0417. The molecule has 1 unspecified atom stereocenters. The van der Waals surface area contributed by atoms with Gasteiger partial charge < -0.3 is 4.74 Å². The zero-order valence-electron chi connectivity index (χ0n) is 4.27. The summed E-state index contributed by atoms with van der Waals surface area (Å²) < 4.78 is 4.86. The van der Waals surface area contributed by atoms with E-state index in [9.17, 15) is 0 Å². The standard InChI is InChI=1S/C4H9N2O/c1-7-4-5-2-3-6-4/h2,4-6H,3H2,1H3. The molecule has 0 aliphatic carbocycles. The molecule has 0 aromatic rings. The number of nitrogens with one attached hydrogen (secondary N) is 2. The molecule has 1 radical (unpaired) electrons. The van der Waals surface area contributed by atoms with Crippen LogP contribution in [0.25, 0.3) is 0 Å². The Bertz CT molecular complexity index is 51.7. The van der Waals surface area contributed by atoms with Crippen LogP contribution in [0.5, 0.6) is 0 Å². The van der Waals surface area contributed by atoms with Crippen molar-refractivity contribution in [1.29, 1.82) is 0 Å². The molecular weight excluding hydrogens is 92.1 g/mol. The molecule has 0 amide bonds. The van der Waals surface area contributed by atoms with Crippen molar-refractivity contribution in [3.8, 4) is 0 Å². The van der Waals surface area contributed by atoms with Crippen LogP contribution in [0.4, 0.5) is 0 Å². The van der Waals surface area contributed by atoms with E-state index in [2.05, 4.69) is 10.6 Å². The molecule has 1 fully saturated rings. The highest BCUT2D eigenvalue weighted by molar-refractivity contribution is 4.75. The average Bonchev–Trinajstić information content (AvgIpc) is 2.14. The van der Waals surface area contributed by atoms with Crippen LogP contribution >= 0.6 is 0 Å². The van der Waals surface area contributed by atoms with Crippen molar-refractivity contribution in [2.45, 2.75) is 6.35 Å². The fourth-order valence-corrected chi connectivity index (χ4v) is 0.542. The molecule has 41 valence electrons. The Morgan fingerprint density at radius 2 is 2.71 bits per heavy atom. The number of hydrogen-bond donors (Lipinski definition) is 2. The summed E-state index contributed by atoms with van der Waals surface area (Å²) in [6.07, 6.45) is 0.0417. The van der Waals surface area contributed by atoms with Crippen LogP contribution in [0.1, 0.15) is 0 Å². The van der Waals surface area contributed by atoms with Gasteiger partial charge in [0.2, 0.25) is 0 Å². The third-order valence-electron chi connectivity index (χ3n) is 0.910. The van der Waals surface area contributed by atoms with E-state index in [4.69, 9.17) is 4.74 Å². The Labute approximate surface area is 43.0 Å². The quantitative estimate of drug-likeness (QED) is 0.457. The Balaban J connectivity index is 2.14. The van der Waals surface area contributed by atoms with E-state index in [1.54, 1.807) is 7.11 Å². The lowest BCUT2D eigenvalue weighted by molar-refractivity contribution is 0.0754. The summed E-state index contributed by atoms with van der Waals surface area (Å²) in [5.41, 5.74) is 0. The van der Waals surface area contributed by atoms with Crippen LogP contribution in [-0.2, 0) is 4.74 Å². The summed E-state index contributed by atoms with van der Waals surface area (Å²) in [6.45, 7) is 2.81. The zero-order valence-corrected chi connectivity index (χ0v) is 4.27. The first kappa shape index (κ1) is 5.03. The van der Waals surface area contributed by atoms with Crippen molar-refractivity contribution in [3.05, 3.63) is 6.54 Å². The summed E-state index contributed by atoms with van der Waals surface area (Å²) in [7, 11) is 1.66. The number of rotatable bonds is 1. The van der Waals surface area contributed by atoms with Gasteiger partial charge >= 0.3 is 0 Å². The summed E-state index contributed by atoms with van der Waals surface area (Å²) in [5.74, 6) is 0. The summed E-state index contributed by atoms with van der Waals surface area (Å²) in [5, 5.41) is 5.97. The first-order chi connectivity index (χ1) is 3.43. The van der Waals surface area contributed by atoms with E-state index >= 15 is 0 Å². The fraction of sp³-hybridized carbons (Fsp3) is 0.750. The topological polar surface area (TPSA) is 33.3 Å². The van der Waals surface area contributed by atoms with Gasteiger partial charge in [0.15, 0.2) is 6.35 Å². The molecule has 3 heteroatoms. The maximum Gasteiger partial charge on any atom is 0.163 e. The maximum atomic E-state index is 4.86. The van der Waals surface area contributed by atoms with Crippen molar-refractivity contribution in [2.75, 3.05) is 13.7 Å². The number of hydrogen-bond acceptors (Lipinski definition) is 3. The van der Waals surface area contributed by atoms with Crippen LogP contribution in [0.15, 0.2) is 0 Å². The maximum absolute atomic E-state index is 4.86. The Morgan fingerprint density at radius 1 is 1.86 bits per heavy atom. The molecule has 3 nitrogen and oxygen atoms in total. The van der Waals surface area contributed by atoms with Gasteiger partial charge in [-0.05, 0) is 0 Å². The SMILES string of the molecule is COC1N[CH]CN1. The van der Waals surface area contributed by atoms with Gasteiger partial charge in [-0.3, -0.25) is 10.6 Å². The lowest BCUT2D eigenvalue weighted by atomic mass is 10.7. The summed E-state index contributed by atoms with van der Waals surface area (Å²) in [6, 6.07) is 0. The van der Waals surface area contributed by atoms with E-state index in [1.165, 1.54) is 0 Å². The van der Waals surface area contributed by atoms with Gasteiger partial charge in [-0.2, -0.15) is 0 Å². The second-order valence-corrected chi connectivity index (χ2v) is 1.39. The van der Waals surface area contributed by atoms with Gasteiger partial charge in [-0.1, -0.05) is 0 Å². The molecule has 1 aliphatic heterocycles. The fourth-order valence-electron chi connectivity index (χ4n) is 0.542. The first-order valence-electron chi connectivity index (χ1n) is 2.27. The summed E-state index contributed by atoms with van der Waals surface area (Å²) in [4.78, 5) is 0. The van der Waals surface area contributed by atoms with Gasteiger partial charge in [0, 0.05) is 20.2 Å². The summed E-state index contributed by atoms with van der Waals surface area (Å²) >= 11 is 0. The molecule has 1 saturated heterocycles. The van der Waals surface area contributed by atoms with Gasteiger partial charge in [-0.15, -0.1) is 0 Å². The van der Waals surface area contributed by atoms with Crippen LogP contribution in [0, 0.1) is 6.54 Å². The largest absolute Gasteiger partial charge is 0.353 e. The molecule has 0 aromatic heterocycles. The van der Waals surface area contributed by atoms with Crippen molar-refractivity contribution >= 4 is 0 Å². The molecule has 1 rings (SSSR count). The highest BCUT2D eigenvalue weighted by Crippen LogP contribution is 1.86. The molecule has 0 bridgehead atoms. The smallest absolute Gasteiger partial charge is 0.163 e. The van der Waals surface area contributed by atoms with Crippen LogP contribution in [0.2, 0.25) is 0 Å². The number of methoxy groups -OCH3 is 1. The second-order valence-electron chi connectivity index (χ2n) is 1.39. The van der Waals surface area contributed by atoms with Crippen molar-refractivity contribution in [1.82, 2.24) is 10.6 Å². The third kappa shape index (κ3) is 1.12. The third-order valence-corrected chi connectivity index (χ3v) is 0.910. The van der Waals surface area contributed by atoms with E-state index in [0.717, 1.165) is 6.54 Å². The molecule has 0 saturated carbocycles. The van der Waals surface area contributed by atoms with Gasteiger partial charge in [0.25, 0.3) is 0 Å². The van der Waals surface area contributed by atoms with Gasteiger partial charge in [0.1, 0.15) is 0 Å². The van der Waals surface area contributed by atoms with Crippen molar-refractivity contribution < 1.29 is 4.74 Å². The molecule has 0 spiro atoms. The van der Waals surface area contributed by atoms with Crippen molar-refractivity contribution in [2.24, 2.45) is 0 Å². The second kappa shape index (κ2) is 2.26. The number of ether oxygens (including phenoxy) is 1. The molecule has 2 N–H and O–H groups in total. The van der Waals surface area contributed by atoms with E-state index in [-0.39, 0.29) is 6.35 Å². The van der Waals surface area contributed by atoms with E-state index in [0.29, 0.717) is 0 Å². The first-order valence-corrected chi connectivity index (χ1v) is 2.27. The van der Waals surface area contributed by atoms with Crippen LogP contribution in [0.3, 0.4) is 0 Å². The van der Waals surface area contributed by atoms with Gasteiger partial charge in [-0.25, -0.2) is 0 Å². The highest BCUT2D eigenvalue weighted by atomic mass is 16.5. The lowest BCUT2D eigenvalue weighted by Gasteiger charge is -2.04. The normalized spacial score (nSPS) is 23.6. The molecule has 1 heterocycles. The predicted octanol–water partition coefficient (Wildman–Crippen LogP) is -0.729. The molecule has 0 aromatic carbocycles. The van der Waals surface area contributed by atoms with E-state index in [1.807, 2.05) is 6.54 Å². The zero-order chi connectivity index (χ0) is 5.11. The Kier molecular flexibility index (Phi) is 1.62. The predicted molar refractivity (Wildman–Crippen MR) is 26.2 cm³/mol.